The van der Waals surface area contributed by atoms with E-state index in [9.17, 15) is 9.18 Å². The van der Waals surface area contributed by atoms with E-state index in [1.165, 1.54) is 19.1 Å². The molecule has 0 unspecified atom stereocenters. The van der Waals surface area contributed by atoms with Gasteiger partial charge in [-0.05, 0) is 41.1 Å². The van der Waals surface area contributed by atoms with E-state index < -0.39 is 5.82 Å². The number of carbonyl (C=O) groups is 1. The molecule has 0 spiro atoms. The minimum atomic E-state index is -0.412. The molecule has 0 atom stereocenters. The number of nitrogens with zero attached hydrogens (tertiary/aromatic N) is 1. The summed E-state index contributed by atoms with van der Waals surface area (Å²) >= 11 is 4.49. The average molecular weight is 326 g/mol. The van der Waals surface area contributed by atoms with Crippen LogP contribution in [-0.2, 0) is 0 Å². The second-order valence-electron chi connectivity index (χ2n) is 3.57. The van der Waals surface area contributed by atoms with Crippen LogP contribution in [0, 0.1) is 5.82 Å². The minimum Gasteiger partial charge on any atom is -0.294 e. The summed E-state index contributed by atoms with van der Waals surface area (Å²) in [5.74, 6) is -0.575. The van der Waals surface area contributed by atoms with E-state index in [2.05, 4.69) is 20.9 Å². The summed E-state index contributed by atoms with van der Waals surface area (Å²) in [5, 5.41) is 0.630. The third kappa shape index (κ3) is 2.79. The molecule has 92 valence electrons. The minimum absolute atomic E-state index is 0.163. The molecular weight excluding hydrogens is 317 g/mol. The Morgan fingerprint density at radius 2 is 2.11 bits per heavy atom. The summed E-state index contributed by atoms with van der Waals surface area (Å²) < 4.78 is 14.6. The lowest BCUT2D eigenvalue weighted by atomic mass is 10.1. The van der Waals surface area contributed by atoms with Crippen molar-refractivity contribution >= 4 is 33.5 Å². The number of benzene rings is 1. The lowest BCUT2D eigenvalue weighted by molar-refractivity contribution is 0.101. The van der Waals surface area contributed by atoms with Gasteiger partial charge in [-0.1, -0.05) is 23.9 Å². The third-order valence-electron chi connectivity index (χ3n) is 2.27. The number of hydrogen-bond donors (Lipinski definition) is 0. The Morgan fingerprint density at radius 1 is 1.33 bits per heavy atom. The fraction of sp³-hybridized carbons (Fsp3) is 0.0769. The molecule has 0 saturated heterocycles. The van der Waals surface area contributed by atoms with E-state index in [-0.39, 0.29) is 5.78 Å². The van der Waals surface area contributed by atoms with Crippen LogP contribution in [0.4, 0.5) is 4.39 Å². The molecular formula is C13H9BrFNOS. The highest BCUT2D eigenvalue weighted by molar-refractivity contribution is 9.10. The van der Waals surface area contributed by atoms with Crippen LogP contribution < -0.4 is 0 Å². The maximum Gasteiger partial charge on any atom is 0.161 e. The highest BCUT2D eigenvalue weighted by Gasteiger charge is 2.15. The molecule has 0 aliphatic carbocycles. The van der Waals surface area contributed by atoms with Crippen molar-refractivity contribution in [1.82, 2.24) is 4.98 Å². The Kier molecular flexibility index (Phi) is 4.14. The Labute approximate surface area is 117 Å². The Morgan fingerprint density at radius 3 is 2.78 bits per heavy atom. The number of carbonyl (C=O) groups excluding carboxylic acids is 1. The topological polar surface area (TPSA) is 30.0 Å². The molecule has 0 bridgehead atoms. The number of ketones is 1. The van der Waals surface area contributed by atoms with Crippen molar-refractivity contribution < 1.29 is 9.18 Å². The molecule has 0 aliphatic heterocycles. The van der Waals surface area contributed by atoms with Gasteiger partial charge in [0, 0.05) is 11.8 Å². The number of rotatable bonds is 3. The number of halogens is 2. The SMILES string of the molecule is CC(=O)c1cccc(F)c1Sc1ncccc1Br. The standard InChI is InChI=1S/C13H9BrFNOS/c1-8(17)9-4-2-6-11(15)12(9)18-13-10(14)5-3-7-16-13/h2-7H,1H3. The number of pyridine rings is 1. The first-order valence-electron chi connectivity index (χ1n) is 5.17. The van der Waals surface area contributed by atoms with Gasteiger partial charge in [0.2, 0.25) is 0 Å². The number of hydrogen-bond acceptors (Lipinski definition) is 3. The van der Waals surface area contributed by atoms with Gasteiger partial charge in [0.05, 0.1) is 9.37 Å². The monoisotopic (exact) mass is 325 g/mol. The van der Waals surface area contributed by atoms with Crippen LogP contribution in [0.1, 0.15) is 17.3 Å². The maximum atomic E-state index is 13.8. The summed E-state index contributed by atoms with van der Waals surface area (Å²) in [5.41, 5.74) is 0.373. The van der Waals surface area contributed by atoms with Gasteiger partial charge in [-0.25, -0.2) is 9.37 Å². The first-order chi connectivity index (χ1) is 8.59. The van der Waals surface area contributed by atoms with Crippen LogP contribution in [0.5, 0.6) is 0 Å². The van der Waals surface area contributed by atoms with Gasteiger partial charge >= 0.3 is 0 Å². The van der Waals surface area contributed by atoms with Crippen LogP contribution in [0.3, 0.4) is 0 Å². The van der Waals surface area contributed by atoms with E-state index in [4.69, 9.17) is 0 Å². The summed E-state index contributed by atoms with van der Waals surface area (Å²) in [6, 6.07) is 8.09. The molecule has 0 amide bonds. The van der Waals surface area contributed by atoms with Crippen LogP contribution >= 0.6 is 27.7 Å². The van der Waals surface area contributed by atoms with Gasteiger partial charge in [-0.3, -0.25) is 4.79 Å². The van der Waals surface area contributed by atoms with Crippen LogP contribution in [0.2, 0.25) is 0 Å². The quantitative estimate of drug-likeness (QED) is 0.786. The first kappa shape index (κ1) is 13.2. The van der Waals surface area contributed by atoms with Crippen molar-refractivity contribution in [1.29, 1.82) is 0 Å². The fourth-order valence-corrected chi connectivity index (χ4v) is 2.89. The zero-order valence-electron chi connectivity index (χ0n) is 9.48. The summed E-state index contributed by atoms with van der Waals surface area (Å²) in [4.78, 5) is 15.9. The van der Waals surface area contributed by atoms with Gasteiger partial charge in [0.15, 0.2) is 5.78 Å². The summed E-state index contributed by atoms with van der Waals surface area (Å²) in [7, 11) is 0. The lowest BCUT2D eigenvalue weighted by Crippen LogP contribution is -1.98. The van der Waals surface area contributed by atoms with Crippen molar-refractivity contribution in [3.05, 3.63) is 52.4 Å². The van der Waals surface area contributed by atoms with E-state index >= 15 is 0 Å². The van der Waals surface area contributed by atoms with Gasteiger partial charge in [-0.2, -0.15) is 0 Å². The largest absolute Gasteiger partial charge is 0.294 e. The van der Waals surface area contributed by atoms with Gasteiger partial charge in [0.1, 0.15) is 10.8 Å². The lowest BCUT2D eigenvalue weighted by Gasteiger charge is -2.08. The van der Waals surface area contributed by atoms with Crippen LogP contribution in [-0.4, -0.2) is 10.8 Å². The smallest absolute Gasteiger partial charge is 0.161 e. The fourth-order valence-electron chi connectivity index (χ4n) is 1.43. The molecule has 0 saturated carbocycles. The van der Waals surface area contributed by atoms with Crippen molar-refractivity contribution in [2.24, 2.45) is 0 Å². The molecule has 0 radical (unpaired) electrons. The maximum absolute atomic E-state index is 13.8. The number of Topliss-reactive ketones (excluding diaryl/α,β-unsaturated/α-hetero) is 1. The normalized spacial score (nSPS) is 10.4. The van der Waals surface area contributed by atoms with Gasteiger partial charge in [-0.15, -0.1) is 0 Å². The van der Waals surface area contributed by atoms with E-state index in [1.807, 2.05) is 6.07 Å². The van der Waals surface area contributed by atoms with Crippen molar-refractivity contribution in [2.45, 2.75) is 16.8 Å². The molecule has 2 nitrogen and oxygen atoms in total. The van der Waals surface area contributed by atoms with Crippen molar-refractivity contribution in [2.75, 3.05) is 0 Å². The van der Waals surface area contributed by atoms with E-state index in [0.29, 0.717) is 15.5 Å². The van der Waals surface area contributed by atoms with Gasteiger partial charge in [0.25, 0.3) is 0 Å². The van der Waals surface area contributed by atoms with Crippen molar-refractivity contribution in [3.8, 4) is 0 Å². The average Bonchev–Trinajstić information content (AvgIpc) is 2.34. The van der Waals surface area contributed by atoms with Crippen LogP contribution in [0.25, 0.3) is 0 Å². The predicted molar refractivity (Wildman–Crippen MR) is 72.5 cm³/mol. The second kappa shape index (κ2) is 5.63. The highest BCUT2D eigenvalue weighted by atomic mass is 79.9. The van der Waals surface area contributed by atoms with E-state index in [1.54, 1.807) is 18.3 Å². The molecule has 5 heteroatoms. The first-order valence-corrected chi connectivity index (χ1v) is 6.78. The second-order valence-corrected chi connectivity index (χ2v) is 5.42. The molecule has 0 fully saturated rings. The molecule has 18 heavy (non-hydrogen) atoms. The van der Waals surface area contributed by atoms with Gasteiger partial charge < -0.3 is 0 Å². The molecule has 2 aromatic rings. The Bertz CT molecular complexity index is 603. The zero-order valence-corrected chi connectivity index (χ0v) is 11.9. The molecule has 0 aliphatic rings. The molecule has 1 aromatic heterocycles. The number of aromatic nitrogens is 1. The summed E-state index contributed by atoms with van der Waals surface area (Å²) in [6.07, 6.45) is 1.63. The molecule has 0 N–H and O–H groups in total. The molecule has 1 heterocycles. The summed E-state index contributed by atoms with van der Waals surface area (Å²) in [6.45, 7) is 1.42. The highest BCUT2D eigenvalue weighted by Crippen LogP contribution is 2.35. The molecule has 2 rings (SSSR count). The van der Waals surface area contributed by atoms with E-state index in [0.717, 1.165) is 16.2 Å². The Hall–Kier alpha value is -1.20. The van der Waals surface area contributed by atoms with Crippen molar-refractivity contribution in [3.63, 3.8) is 0 Å². The third-order valence-corrected chi connectivity index (χ3v) is 4.31. The zero-order chi connectivity index (χ0) is 13.1. The predicted octanol–water partition coefficient (Wildman–Crippen LogP) is 4.34. The molecule has 1 aromatic carbocycles. The van der Waals surface area contributed by atoms with Crippen LogP contribution in [0.15, 0.2) is 50.9 Å². The Balaban J connectivity index is 2.46.